The van der Waals surface area contributed by atoms with E-state index >= 15 is 0 Å². The fraction of sp³-hybridized carbons (Fsp3) is 0.125. The van der Waals surface area contributed by atoms with E-state index in [0.29, 0.717) is 6.07 Å². The Kier molecular flexibility index (Phi) is 8.38. The molecule has 0 aliphatic rings. The number of benzene rings is 2. The molecule has 0 bridgehead atoms. The highest BCUT2D eigenvalue weighted by Crippen LogP contribution is 2.35. The van der Waals surface area contributed by atoms with E-state index in [4.69, 9.17) is 14.2 Å². The van der Waals surface area contributed by atoms with Crippen LogP contribution in [0.15, 0.2) is 79.3 Å². The van der Waals surface area contributed by atoms with Gasteiger partial charge in [0.1, 0.15) is 29.8 Å². The first-order valence-corrected chi connectivity index (χ1v) is 9.48. The first-order chi connectivity index (χ1) is 15.9. The lowest BCUT2D eigenvalue weighted by atomic mass is 10.1. The zero-order chi connectivity index (χ0) is 25.5. The SMILES string of the molecule is C=C(C)C(=O)O/C=C\Oc1ccc(C(=O)Oc2ccc(OC(=O)C(=C)C)cc2)c(C(F)(F)F)c1. The molecule has 0 radical (unpaired) electrons. The largest absolute Gasteiger partial charge is 0.462 e. The number of carbonyl (C=O) groups excluding carboxylic acids is 3. The summed E-state index contributed by atoms with van der Waals surface area (Å²) in [6.07, 6.45) is -3.20. The highest BCUT2D eigenvalue weighted by molar-refractivity contribution is 5.93. The van der Waals surface area contributed by atoms with Gasteiger partial charge in [-0.25, -0.2) is 14.4 Å². The normalized spacial score (nSPS) is 11.0. The Morgan fingerprint density at radius 1 is 0.794 bits per heavy atom. The van der Waals surface area contributed by atoms with Gasteiger partial charge < -0.3 is 18.9 Å². The molecule has 0 atom stereocenters. The molecular weight excluding hydrogens is 457 g/mol. The summed E-state index contributed by atoms with van der Waals surface area (Å²) in [5, 5.41) is 0. The van der Waals surface area contributed by atoms with E-state index < -0.39 is 35.2 Å². The number of hydrogen-bond acceptors (Lipinski definition) is 7. The van der Waals surface area contributed by atoms with Crippen LogP contribution in [0.25, 0.3) is 0 Å². The third kappa shape index (κ3) is 7.37. The van der Waals surface area contributed by atoms with Gasteiger partial charge in [0.05, 0.1) is 11.1 Å². The fourth-order valence-corrected chi connectivity index (χ4v) is 2.24. The molecule has 2 aromatic rings. The molecule has 34 heavy (non-hydrogen) atoms. The van der Waals surface area contributed by atoms with Crippen molar-refractivity contribution in [3.63, 3.8) is 0 Å². The predicted molar refractivity (Wildman–Crippen MR) is 114 cm³/mol. The Morgan fingerprint density at radius 3 is 1.85 bits per heavy atom. The van der Waals surface area contributed by atoms with E-state index in [-0.39, 0.29) is 28.4 Å². The van der Waals surface area contributed by atoms with Crippen LogP contribution in [0, 0.1) is 0 Å². The van der Waals surface area contributed by atoms with Gasteiger partial charge in [-0.1, -0.05) is 13.2 Å². The number of hydrogen-bond donors (Lipinski definition) is 0. The molecular formula is C24H19F3O7. The van der Waals surface area contributed by atoms with Crippen LogP contribution in [0.4, 0.5) is 13.2 Å². The van der Waals surface area contributed by atoms with Crippen LogP contribution >= 0.6 is 0 Å². The number of esters is 3. The maximum absolute atomic E-state index is 13.5. The Hall–Kier alpha value is -4.34. The molecule has 0 spiro atoms. The van der Waals surface area contributed by atoms with E-state index in [9.17, 15) is 27.6 Å². The van der Waals surface area contributed by atoms with Crippen LogP contribution in [0.5, 0.6) is 17.2 Å². The molecule has 2 aromatic carbocycles. The summed E-state index contributed by atoms with van der Waals surface area (Å²) in [6.45, 7) is 9.68. The summed E-state index contributed by atoms with van der Waals surface area (Å²) < 4.78 is 60.2. The monoisotopic (exact) mass is 476 g/mol. The molecule has 0 amide bonds. The molecule has 0 saturated heterocycles. The summed E-state index contributed by atoms with van der Waals surface area (Å²) in [7, 11) is 0. The summed E-state index contributed by atoms with van der Waals surface area (Å²) >= 11 is 0. The minimum Gasteiger partial charge on any atom is -0.462 e. The summed E-state index contributed by atoms with van der Waals surface area (Å²) in [6, 6.07) is 7.70. The smallest absolute Gasteiger partial charge is 0.417 e. The highest BCUT2D eigenvalue weighted by atomic mass is 19.4. The van der Waals surface area contributed by atoms with Gasteiger partial charge in [-0.05, 0) is 56.3 Å². The molecule has 178 valence electrons. The second-order valence-corrected chi connectivity index (χ2v) is 6.81. The van der Waals surface area contributed by atoms with Crippen LogP contribution in [0.1, 0.15) is 29.8 Å². The molecule has 0 saturated carbocycles. The topological polar surface area (TPSA) is 88.1 Å². The van der Waals surface area contributed by atoms with Gasteiger partial charge in [0.15, 0.2) is 0 Å². The van der Waals surface area contributed by atoms with E-state index in [1.54, 1.807) is 0 Å². The Balaban J connectivity index is 2.15. The van der Waals surface area contributed by atoms with Gasteiger partial charge in [-0.15, -0.1) is 0 Å². The summed E-state index contributed by atoms with van der Waals surface area (Å²) in [5.74, 6) is -2.88. The van der Waals surface area contributed by atoms with Gasteiger partial charge in [0, 0.05) is 11.1 Å². The Morgan fingerprint density at radius 2 is 1.32 bits per heavy atom. The van der Waals surface area contributed by atoms with Crippen molar-refractivity contribution in [3.8, 4) is 17.2 Å². The lowest BCUT2D eigenvalue weighted by Crippen LogP contribution is -2.17. The van der Waals surface area contributed by atoms with Crippen molar-refractivity contribution >= 4 is 17.9 Å². The quantitative estimate of drug-likeness (QED) is 0.219. The van der Waals surface area contributed by atoms with Crippen LogP contribution < -0.4 is 14.2 Å². The number of ether oxygens (including phenoxy) is 4. The molecule has 10 heteroatoms. The molecule has 0 fully saturated rings. The Bertz CT molecular complexity index is 1150. The van der Waals surface area contributed by atoms with Gasteiger partial charge in [-0.3, -0.25) is 0 Å². The lowest BCUT2D eigenvalue weighted by molar-refractivity contribution is -0.138. The second-order valence-electron chi connectivity index (χ2n) is 6.81. The summed E-state index contributed by atoms with van der Waals surface area (Å²) in [4.78, 5) is 35.2. The lowest BCUT2D eigenvalue weighted by Gasteiger charge is -2.14. The third-order valence-electron chi connectivity index (χ3n) is 3.89. The van der Waals surface area contributed by atoms with E-state index in [0.717, 1.165) is 24.7 Å². The molecule has 7 nitrogen and oxygen atoms in total. The number of carbonyl (C=O) groups is 3. The maximum atomic E-state index is 13.5. The Labute approximate surface area is 192 Å². The molecule has 0 N–H and O–H groups in total. The zero-order valence-electron chi connectivity index (χ0n) is 18.1. The van der Waals surface area contributed by atoms with Gasteiger partial charge in [0.25, 0.3) is 0 Å². The van der Waals surface area contributed by atoms with E-state index in [2.05, 4.69) is 17.9 Å². The highest BCUT2D eigenvalue weighted by Gasteiger charge is 2.36. The zero-order valence-corrected chi connectivity index (χ0v) is 18.1. The molecule has 0 aromatic heterocycles. The van der Waals surface area contributed by atoms with Crippen molar-refractivity contribution in [3.05, 3.63) is 90.4 Å². The first kappa shape index (κ1) is 25.9. The van der Waals surface area contributed by atoms with Crippen LogP contribution in [0.3, 0.4) is 0 Å². The molecule has 0 unspecified atom stereocenters. The van der Waals surface area contributed by atoms with Gasteiger partial charge >= 0.3 is 24.1 Å². The summed E-state index contributed by atoms with van der Waals surface area (Å²) in [5.41, 5.74) is -1.76. The van der Waals surface area contributed by atoms with Crippen molar-refractivity contribution in [2.45, 2.75) is 20.0 Å². The standard InChI is InChI=1S/C24H19F3O7/c1-14(2)21(28)32-12-11-31-18-9-10-19(20(13-18)24(25,26)27)23(30)34-17-7-5-16(6-8-17)33-22(29)15(3)4/h5-13H,1,3H2,2,4H3/b12-11-. The molecule has 2 rings (SSSR count). The van der Waals surface area contributed by atoms with Crippen molar-refractivity contribution in [1.82, 2.24) is 0 Å². The average molecular weight is 476 g/mol. The van der Waals surface area contributed by atoms with Crippen molar-refractivity contribution in [1.29, 1.82) is 0 Å². The number of halogens is 3. The van der Waals surface area contributed by atoms with Crippen molar-refractivity contribution < 1.29 is 46.5 Å². The van der Waals surface area contributed by atoms with Gasteiger partial charge in [0.2, 0.25) is 0 Å². The number of rotatable bonds is 8. The molecule has 0 heterocycles. The first-order valence-electron chi connectivity index (χ1n) is 9.48. The van der Waals surface area contributed by atoms with E-state index in [1.165, 1.54) is 38.1 Å². The predicted octanol–water partition coefficient (Wildman–Crippen LogP) is 5.38. The fourth-order valence-electron chi connectivity index (χ4n) is 2.24. The minimum absolute atomic E-state index is 0.0733. The second kappa shape index (κ2) is 11.0. The van der Waals surface area contributed by atoms with Crippen LogP contribution in [-0.4, -0.2) is 17.9 Å². The van der Waals surface area contributed by atoms with Crippen LogP contribution in [-0.2, 0) is 20.5 Å². The van der Waals surface area contributed by atoms with Crippen molar-refractivity contribution in [2.24, 2.45) is 0 Å². The minimum atomic E-state index is -4.90. The maximum Gasteiger partial charge on any atom is 0.417 e. The van der Waals surface area contributed by atoms with Gasteiger partial charge in [-0.2, -0.15) is 13.2 Å². The average Bonchev–Trinajstić information content (AvgIpc) is 2.76. The molecule has 0 aliphatic carbocycles. The number of alkyl halides is 3. The van der Waals surface area contributed by atoms with Crippen molar-refractivity contribution in [2.75, 3.05) is 0 Å². The third-order valence-corrected chi connectivity index (χ3v) is 3.89. The van der Waals surface area contributed by atoms with E-state index in [1.807, 2.05) is 0 Å². The van der Waals surface area contributed by atoms with Crippen LogP contribution in [0.2, 0.25) is 0 Å². The molecule has 0 aliphatic heterocycles.